The predicted molar refractivity (Wildman–Crippen MR) is 72.4 cm³/mol. The van der Waals surface area contributed by atoms with Crippen LogP contribution in [0.15, 0.2) is 24.3 Å². The summed E-state index contributed by atoms with van der Waals surface area (Å²) in [7, 11) is 0. The van der Waals surface area contributed by atoms with Crippen LogP contribution in [-0.4, -0.2) is 11.0 Å². The number of hydrogen-bond acceptors (Lipinski definition) is 2. The molecule has 2 aromatic rings. The number of aromatic hydroxyl groups is 1. The van der Waals surface area contributed by atoms with Crippen LogP contribution in [0, 0.1) is 17.5 Å². The molecule has 110 valence electrons. The Kier molecular flexibility index (Phi) is 4.29. The monoisotopic (exact) mass is 335 g/mol. The molecule has 0 aromatic heterocycles. The minimum Gasteiger partial charge on any atom is -0.505 e. The number of carbonyl (C=O) groups is 1. The van der Waals surface area contributed by atoms with Crippen molar-refractivity contribution in [2.45, 2.75) is 0 Å². The zero-order valence-corrected chi connectivity index (χ0v) is 11.6. The molecule has 2 N–H and O–H groups in total. The third kappa shape index (κ3) is 3.22. The van der Waals surface area contributed by atoms with E-state index in [2.05, 4.69) is 5.32 Å². The molecule has 0 bridgehead atoms. The normalized spacial score (nSPS) is 10.5. The minimum absolute atomic E-state index is 0.0953. The Morgan fingerprint density at radius 1 is 1.00 bits per heavy atom. The van der Waals surface area contributed by atoms with E-state index in [0.717, 1.165) is 0 Å². The summed E-state index contributed by atoms with van der Waals surface area (Å²) in [6.07, 6.45) is 0. The first-order chi connectivity index (χ1) is 9.79. The molecule has 0 aliphatic carbocycles. The molecule has 3 nitrogen and oxygen atoms in total. The average molecular weight is 336 g/mol. The van der Waals surface area contributed by atoms with E-state index in [0.29, 0.717) is 12.1 Å². The van der Waals surface area contributed by atoms with Crippen LogP contribution in [0.2, 0.25) is 10.0 Å². The molecule has 0 heterocycles. The van der Waals surface area contributed by atoms with Gasteiger partial charge in [0.2, 0.25) is 0 Å². The Hall–Kier alpha value is -1.92. The summed E-state index contributed by atoms with van der Waals surface area (Å²) in [4.78, 5) is 11.8. The van der Waals surface area contributed by atoms with Crippen molar-refractivity contribution < 1.29 is 23.1 Å². The molecule has 8 heteroatoms. The largest absolute Gasteiger partial charge is 0.505 e. The van der Waals surface area contributed by atoms with Crippen LogP contribution < -0.4 is 5.32 Å². The number of amides is 1. The van der Waals surface area contributed by atoms with Crippen molar-refractivity contribution in [1.29, 1.82) is 0 Å². The zero-order chi connectivity index (χ0) is 15.7. The van der Waals surface area contributed by atoms with Crippen LogP contribution in [0.25, 0.3) is 0 Å². The second kappa shape index (κ2) is 5.83. The van der Waals surface area contributed by atoms with Crippen LogP contribution in [0.4, 0.5) is 18.9 Å². The van der Waals surface area contributed by atoms with Crippen molar-refractivity contribution >= 4 is 34.8 Å². The van der Waals surface area contributed by atoms with Crippen LogP contribution in [-0.2, 0) is 0 Å². The van der Waals surface area contributed by atoms with E-state index in [1.165, 1.54) is 12.1 Å². The van der Waals surface area contributed by atoms with Gasteiger partial charge in [-0.25, -0.2) is 13.2 Å². The van der Waals surface area contributed by atoms with Crippen LogP contribution in [0.3, 0.4) is 0 Å². The van der Waals surface area contributed by atoms with Gasteiger partial charge in [-0.1, -0.05) is 23.2 Å². The van der Waals surface area contributed by atoms with E-state index in [1.807, 2.05) is 0 Å². The molecule has 2 rings (SSSR count). The maximum Gasteiger partial charge on any atom is 0.255 e. The molecule has 2 aromatic carbocycles. The molecule has 0 aliphatic rings. The summed E-state index contributed by atoms with van der Waals surface area (Å²) in [5.74, 6) is -5.90. The van der Waals surface area contributed by atoms with Gasteiger partial charge in [0.05, 0.1) is 10.0 Å². The highest BCUT2D eigenvalue weighted by molar-refractivity contribution is 6.37. The Bertz CT molecular complexity index is 691. The number of hydrogen-bond donors (Lipinski definition) is 2. The lowest BCUT2D eigenvalue weighted by atomic mass is 10.2. The third-order valence-corrected chi connectivity index (χ3v) is 3.10. The van der Waals surface area contributed by atoms with Crippen molar-refractivity contribution in [2.24, 2.45) is 0 Å². The first-order valence-corrected chi connectivity index (χ1v) is 6.19. The maximum atomic E-state index is 13.1. The number of rotatable bonds is 2. The second-order valence-electron chi connectivity index (χ2n) is 4.00. The topological polar surface area (TPSA) is 49.3 Å². The summed E-state index contributed by atoms with van der Waals surface area (Å²) < 4.78 is 38.9. The van der Waals surface area contributed by atoms with Gasteiger partial charge in [-0.3, -0.25) is 4.79 Å². The first-order valence-electron chi connectivity index (χ1n) is 5.43. The molecule has 21 heavy (non-hydrogen) atoms. The van der Waals surface area contributed by atoms with E-state index in [1.54, 1.807) is 0 Å². The molecule has 0 unspecified atom stereocenters. The van der Waals surface area contributed by atoms with Gasteiger partial charge in [-0.15, -0.1) is 0 Å². The standard InChI is InChI=1S/C13H6Cl2F3NO2/c14-7-3-6(4-8(15)12(7)20)19-13(21)5-1-9(16)11(18)10(17)2-5/h1-4,20H,(H,19,21). The summed E-state index contributed by atoms with van der Waals surface area (Å²) >= 11 is 11.3. The third-order valence-electron chi connectivity index (χ3n) is 2.52. The predicted octanol–water partition coefficient (Wildman–Crippen LogP) is 4.37. The van der Waals surface area contributed by atoms with E-state index in [9.17, 15) is 23.1 Å². The molecule has 1 amide bonds. The van der Waals surface area contributed by atoms with E-state index in [-0.39, 0.29) is 21.5 Å². The molecule has 0 atom stereocenters. The lowest BCUT2D eigenvalue weighted by molar-refractivity contribution is 0.102. The SMILES string of the molecule is O=C(Nc1cc(Cl)c(O)c(Cl)c1)c1cc(F)c(F)c(F)c1. The van der Waals surface area contributed by atoms with Gasteiger partial charge in [0.15, 0.2) is 23.2 Å². The number of nitrogens with one attached hydrogen (secondary N) is 1. The van der Waals surface area contributed by atoms with Gasteiger partial charge in [0.25, 0.3) is 5.91 Å². The summed E-state index contributed by atoms with van der Waals surface area (Å²) in [5, 5.41) is 11.4. The van der Waals surface area contributed by atoms with Crippen molar-refractivity contribution in [2.75, 3.05) is 5.32 Å². The number of benzene rings is 2. The Labute approximate surface area is 126 Å². The second-order valence-corrected chi connectivity index (χ2v) is 4.81. The lowest BCUT2D eigenvalue weighted by Gasteiger charge is -2.08. The molecular formula is C13H6Cl2F3NO2. The van der Waals surface area contributed by atoms with Gasteiger partial charge in [0, 0.05) is 11.3 Å². The maximum absolute atomic E-state index is 13.1. The van der Waals surface area contributed by atoms with E-state index >= 15 is 0 Å². The molecular weight excluding hydrogens is 330 g/mol. The minimum atomic E-state index is -1.66. The fourth-order valence-electron chi connectivity index (χ4n) is 1.53. The first kappa shape index (κ1) is 15.5. The smallest absolute Gasteiger partial charge is 0.255 e. The number of phenols is 1. The summed E-state index contributed by atoms with van der Waals surface area (Å²) in [5.41, 5.74) is -0.329. The molecule has 0 saturated heterocycles. The number of carbonyl (C=O) groups excluding carboxylic acids is 1. The number of phenolic OH excluding ortho intramolecular Hbond substituents is 1. The highest BCUT2D eigenvalue weighted by Crippen LogP contribution is 2.34. The molecule has 0 aliphatic heterocycles. The quantitative estimate of drug-likeness (QED) is 0.632. The van der Waals surface area contributed by atoms with Gasteiger partial charge in [0.1, 0.15) is 0 Å². The fraction of sp³-hybridized carbons (Fsp3) is 0. The molecule has 0 saturated carbocycles. The van der Waals surface area contributed by atoms with Gasteiger partial charge >= 0.3 is 0 Å². The van der Waals surface area contributed by atoms with Crippen LogP contribution >= 0.6 is 23.2 Å². The zero-order valence-electron chi connectivity index (χ0n) is 10.1. The Morgan fingerprint density at radius 2 is 1.48 bits per heavy atom. The fourth-order valence-corrected chi connectivity index (χ4v) is 2.01. The molecule has 0 spiro atoms. The highest BCUT2D eigenvalue weighted by Gasteiger charge is 2.16. The van der Waals surface area contributed by atoms with Crippen molar-refractivity contribution in [3.05, 3.63) is 57.3 Å². The van der Waals surface area contributed by atoms with Crippen molar-refractivity contribution in [1.82, 2.24) is 0 Å². The molecule has 0 radical (unpaired) electrons. The van der Waals surface area contributed by atoms with Crippen LogP contribution in [0.1, 0.15) is 10.4 Å². The van der Waals surface area contributed by atoms with Gasteiger partial charge in [-0.2, -0.15) is 0 Å². The lowest BCUT2D eigenvalue weighted by Crippen LogP contribution is -2.13. The molecule has 0 fully saturated rings. The highest BCUT2D eigenvalue weighted by atomic mass is 35.5. The van der Waals surface area contributed by atoms with Crippen molar-refractivity contribution in [3.63, 3.8) is 0 Å². The van der Waals surface area contributed by atoms with E-state index < -0.39 is 28.9 Å². The number of halogens is 5. The van der Waals surface area contributed by atoms with E-state index in [4.69, 9.17) is 23.2 Å². The number of anilines is 1. The summed E-state index contributed by atoms with van der Waals surface area (Å²) in [6, 6.07) is 3.49. The van der Waals surface area contributed by atoms with Crippen LogP contribution in [0.5, 0.6) is 5.75 Å². The Morgan fingerprint density at radius 3 is 1.95 bits per heavy atom. The summed E-state index contributed by atoms with van der Waals surface area (Å²) in [6.45, 7) is 0. The van der Waals surface area contributed by atoms with Crippen molar-refractivity contribution in [3.8, 4) is 5.75 Å². The average Bonchev–Trinajstić information content (AvgIpc) is 2.41. The Balaban J connectivity index is 2.30. The van der Waals surface area contributed by atoms with Gasteiger partial charge < -0.3 is 10.4 Å². The van der Waals surface area contributed by atoms with Gasteiger partial charge in [-0.05, 0) is 24.3 Å².